The molecule has 2 rings (SSSR count). The molecule has 1 amide bonds. The lowest BCUT2D eigenvalue weighted by atomic mass is 9.97. The molecule has 27 heavy (non-hydrogen) atoms. The lowest BCUT2D eigenvalue weighted by Crippen LogP contribution is -2.32. The molecular weight excluding hydrogens is 384 g/mol. The van der Waals surface area contributed by atoms with Crippen LogP contribution in [0.25, 0.3) is 0 Å². The molecule has 0 fully saturated rings. The molecule has 0 saturated carbocycles. The average molecular weight is 413 g/mol. The van der Waals surface area contributed by atoms with Crippen LogP contribution in [-0.4, -0.2) is 33.7 Å². The van der Waals surface area contributed by atoms with Crippen molar-refractivity contribution >= 4 is 33.2 Å². The molecule has 0 heterocycles. The summed E-state index contributed by atoms with van der Waals surface area (Å²) in [6.45, 7) is 2.74. The second-order valence-electron chi connectivity index (χ2n) is 7.08. The van der Waals surface area contributed by atoms with E-state index < -0.39 is 10.0 Å². The van der Waals surface area contributed by atoms with Crippen molar-refractivity contribution in [3.05, 3.63) is 40.4 Å². The first kappa shape index (κ1) is 21.8. The van der Waals surface area contributed by atoms with Crippen LogP contribution in [0.1, 0.15) is 50.5 Å². The van der Waals surface area contributed by atoms with Gasteiger partial charge in [-0.2, -0.15) is 0 Å². The summed E-state index contributed by atoms with van der Waals surface area (Å²) in [7, 11) is -3.45. The van der Waals surface area contributed by atoms with Crippen LogP contribution in [0.4, 0.5) is 5.69 Å². The van der Waals surface area contributed by atoms with Crippen molar-refractivity contribution in [2.75, 3.05) is 23.7 Å². The van der Waals surface area contributed by atoms with Gasteiger partial charge in [0, 0.05) is 24.5 Å². The minimum atomic E-state index is -3.45. The second kappa shape index (κ2) is 10.1. The molecule has 0 atom stereocenters. The number of rotatable bonds is 9. The van der Waals surface area contributed by atoms with E-state index in [9.17, 15) is 13.2 Å². The Hall–Kier alpha value is -1.53. The van der Waals surface area contributed by atoms with Crippen LogP contribution in [0.2, 0.25) is 5.02 Å². The number of aryl methyl sites for hydroxylation is 1. The van der Waals surface area contributed by atoms with Gasteiger partial charge in [0.15, 0.2) is 0 Å². The summed E-state index contributed by atoms with van der Waals surface area (Å²) in [5.74, 6) is -0.0392. The fraction of sp³-hybridized carbons (Fsp3) is 0.550. The normalized spacial score (nSPS) is 14.6. The van der Waals surface area contributed by atoms with Gasteiger partial charge in [0.05, 0.1) is 11.9 Å². The first-order valence-corrected chi connectivity index (χ1v) is 11.7. The topological polar surface area (TPSA) is 66.5 Å². The largest absolute Gasteiger partial charge is 0.356 e. The van der Waals surface area contributed by atoms with Gasteiger partial charge in [-0.15, -0.1) is 0 Å². The van der Waals surface area contributed by atoms with Crippen molar-refractivity contribution in [3.63, 3.8) is 0 Å². The number of hydrogen-bond donors (Lipinski definition) is 1. The number of nitrogens with one attached hydrogen (secondary N) is 1. The van der Waals surface area contributed by atoms with Crippen molar-refractivity contribution in [3.8, 4) is 0 Å². The maximum Gasteiger partial charge on any atom is 0.232 e. The van der Waals surface area contributed by atoms with E-state index >= 15 is 0 Å². The molecule has 0 aromatic heterocycles. The van der Waals surface area contributed by atoms with Gasteiger partial charge in [-0.1, -0.05) is 29.3 Å². The number of sulfonamides is 1. The summed E-state index contributed by atoms with van der Waals surface area (Å²) in [6, 6.07) is 5.18. The molecule has 0 spiro atoms. The highest BCUT2D eigenvalue weighted by molar-refractivity contribution is 7.92. The Morgan fingerprint density at radius 3 is 2.74 bits per heavy atom. The molecule has 1 N–H and O–H groups in total. The molecule has 0 unspecified atom stereocenters. The minimum absolute atomic E-state index is 0.0392. The Morgan fingerprint density at radius 1 is 1.30 bits per heavy atom. The van der Waals surface area contributed by atoms with Crippen molar-refractivity contribution < 1.29 is 13.2 Å². The van der Waals surface area contributed by atoms with Crippen LogP contribution in [0.15, 0.2) is 29.8 Å². The smallest absolute Gasteiger partial charge is 0.232 e. The zero-order valence-electron chi connectivity index (χ0n) is 16.1. The van der Waals surface area contributed by atoms with Crippen LogP contribution in [0, 0.1) is 6.92 Å². The molecule has 1 aromatic carbocycles. The number of carbonyl (C=O) groups is 1. The first-order valence-electron chi connectivity index (χ1n) is 9.46. The second-order valence-corrected chi connectivity index (χ2v) is 9.42. The first-order chi connectivity index (χ1) is 12.8. The standard InChI is InChI=1S/C20H29ClN2O3S/c1-16-10-11-18(21)15-19(16)23(27(2,25)26)14-6-9-20(24)22-13-12-17-7-4-3-5-8-17/h7,10-11,15H,3-6,8-9,12-14H2,1-2H3,(H,22,24). The molecule has 0 saturated heterocycles. The maximum absolute atomic E-state index is 12.2. The average Bonchev–Trinajstić information content (AvgIpc) is 2.61. The van der Waals surface area contributed by atoms with E-state index in [0.717, 1.165) is 24.8 Å². The number of amides is 1. The zero-order valence-corrected chi connectivity index (χ0v) is 17.7. The summed E-state index contributed by atoms with van der Waals surface area (Å²) in [6.07, 6.45) is 9.90. The maximum atomic E-state index is 12.2. The Bertz CT molecular complexity index is 790. The van der Waals surface area contributed by atoms with E-state index in [2.05, 4.69) is 11.4 Å². The van der Waals surface area contributed by atoms with Crippen molar-refractivity contribution in [1.29, 1.82) is 0 Å². The van der Waals surface area contributed by atoms with Gasteiger partial charge in [-0.3, -0.25) is 9.10 Å². The van der Waals surface area contributed by atoms with E-state index in [1.54, 1.807) is 18.2 Å². The fourth-order valence-electron chi connectivity index (χ4n) is 3.28. The monoisotopic (exact) mass is 412 g/mol. The molecule has 0 bridgehead atoms. The van der Waals surface area contributed by atoms with Gasteiger partial charge in [-0.25, -0.2) is 8.42 Å². The van der Waals surface area contributed by atoms with E-state index in [1.807, 2.05) is 6.92 Å². The Kier molecular flexibility index (Phi) is 8.17. The highest BCUT2D eigenvalue weighted by Gasteiger charge is 2.19. The summed E-state index contributed by atoms with van der Waals surface area (Å²) >= 11 is 6.03. The van der Waals surface area contributed by atoms with Crippen molar-refractivity contribution in [2.24, 2.45) is 0 Å². The molecular formula is C20H29ClN2O3S. The molecule has 7 heteroatoms. The number of halogens is 1. The molecule has 1 aliphatic carbocycles. The van der Waals surface area contributed by atoms with Crippen LogP contribution in [-0.2, 0) is 14.8 Å². The third kappa shape index (κ3) is 7.18. The summed E-state index contributed by atoms with van der Waals surface area (Å²) in [4.78, 5) is 12.1. The zero-order chi connectivity index (χ0) is 19.9. The fourth-order valence-corrected chi connectivity index (χ4v) is 4.46. The number of nitrogens with zero attached hydrogens (tertiary/aromatic N) is 1. The Morgan fingerprint density at radius 2 is 2.07 bits per heavy atom. The van der Waals surface area contributed by atoms with Crippen molar-refractivity contribution in [2.45, 2.75) is 51.9 Å². The van der Waals surface area contributed by atoms with Gasteiger partial charge < -0.3 is 5.32 Å². The Labute approximate surface area is 167 Å². The predicted molar refractivity (Wildman–Crippen MR) is 112 cm³/mol. The lowest BCUT2D eigenvalue weighted by molar-refractivity contribution is -0.121. The van der Waals surface area contributed by atoms with E-state index in [0.29, 0.717) is 30.1 Å². The van der Waals surface area contributed by atoms with E-state index in [-0.39, 0.29) is 12.5 Å². The van der Waals surface area contributed by atoms with Crippen LogP contribution in [0.5, 0.6) is 0 Å². The summed E-state index contributed by atoms with van der Waals surface area (Å²) in [5.41, 5.74) is 2.82. The third-order valence-corrected chi connectivity index (χ3v) is 6.17. The third-order valence-electron chi connectivity index (χ3n) is 4.76. The molecule has 150 valence electrons. The van der Waals surface area contributed by atoms with E-state index in [1.165, 1.54) is 29.0 Å². The molecule has 1 aliphatic rings. The van der Waals surface area contributed by atoms with Crippen molar-refractivity contribution in [1.82, 2.24) is 5.32 Å². The van der Waals surface area contributed by atoms with Gasteiger partial charge in [0.25, 0.3) is 0 Å². The highest BCUT2D eigenvalue weighted by Crippen LogP contribution is 2.26. The number of anilines is 1. The van der Waals surface area contributed by atoms with Gasteiger partial charge in [0.2, 0.25) is 15.9 Å². The number of hydrogen-bond acceptors (Lipinski definition) is 3. The molecule has 0 aliphatic heterocycles. The summed E-state index contributed by atoms with van der Waals surface area (Å²) < 4.78 is 25.7. The van der Waals surface area contributed by atoms with Gasteiger partial charge in [0.1, 0.15) is 0 Å². The van der Waals surface area contributed by atoms with Crippen LogP contribution in [0.3, 0.4) is 0 Å². The quantitative estimate of drug-likeness (QED) is 0.618. The Balaban J connectivity index is 1.84. The lowest BCUT2D eigenvalue weighted by Gasteiger charge is -2.24. The van der Waals surface area contributed by atoms with Crippen LogP contribution >= 0.6 is 11.6 Å². The van der Waals surface area contributed by atoms with Crippen LogP contribution < -0.4 is 9.62 Å². The SMILES string of the molecule is Cc1ccc(Cl)cc1N(CCCC(=O)NCCC1=CCCCC1)S(C)(=O)=O. The number of benzene rings is 1. The number of allylic oxidation sites excluding steroid dienone is 1. The highest BCUT2D eigenvalue weighted by atomic mass is 35.5. The predicted octanol–water partition coefficient (Wildman–Crippen LogP) is 4.20. The number of carbonyl (C=O) groups excluding carboxylic acids is 1. The van der Waals surface area contributed by atoms with Gasteiger partial charge in [-0.05, 0) is 63.1 Å². The molecule has 5 nitrogen and oxygen atoms in total. The summed E-state index contributed by atoms with van der Waals surface area (Å²) in [5, 5.41) is 3.42. The van der Waals surface area contributed by atoms with Gasteiger partial charge >= 0.3 is 0 Å². The molecule has 0 radical (unpaired) electrons. The molecule has 1 aromatic rings. The van der Waals surface area contributed by atoms with E-state index in [4.69, 9.17) is 11.6 Å². The minimum Gasteiger partial charge on any atom is -0.356 e.